The predicted octanol–water partition coefficient (Wildman–Crippen LogP) is 2.57. The topological polar surface area (TPSA) is 67.5 Å². The zero-order chi connectivity index (χ0) is 17.8. The highest BCUT2D eigenvalue weighted by molar-refractivity contribution is 5.89. The molecule has 1 N–H and O–H groups in total. The van der Waals surface area contributed by atoms with Gasteiger partial charge in [-0.2, -0.15) is 0 Å². The van der Waals surface area contributed by atoms with Crippen molar-refractivity contribution in [3.8, 4) is 0 Å². The van der Waals surface area contributed by atoms with Crippen molar-refractivity contribution in [1.82, 2.24) is 14.9 Å². The average Bonchev–Trinajstić information content (AvgIpc) is 3.06. The molecule has 0 bridgehead atoms. The second kappa shape index (κ2) is 5.84. The van der Waals surface area contributed by atoms with E-state index in [-0.39, 0.29) is 24.0 Å². The van der Waals surface area contributed by atoms with Gasteiger partial charge in [-0.1, -0.05) is 0 Å². The monoisotopic (exact) mass is 353 g/mol. The van der Waals surface area contributed by atoms with E-state index in [1.54, 1.807) is 6.26 Å². The number of piperidine rings is 1. The maximum absolute atomic E-state index is 12.3. The lowest BCUT2D eigenvalue weighted by molar-refractivity contribution is -0.139. The molecule has 2 aromatic heterocycles. The van der Waals surface area contributed by atoms with E-state index >= 15 is 0 Å². The van der Waals surface area contributed by atoms with Crippen molar-refractivity contribution in [1.29, 1.82) is 0 Å². The Morgan fingerprint density at radius 3 is 3.19 bits per heavy atom. The largest absolute Gasteiger partial charge is 0.497 e. The number of nitrogens with zero attached hydrogens (tertiary/aromatic N) is 2. The van der Waals surface area contributed by atoms with Crippen LogP contribution >= 0.6 is 0 Å². The Kier molecular flexibility index (Phi) is 3.57. The number of pyridine rings is 1. The summed E-state index contributed by atoms with van der Waals surface area (Å²) < 4.78 is 10.8. The second-order valence-electron chi connectivity index (χ2n) is 7.59. The van der Waals surface area contributed by atoms with Crippen molar-refractivity contribution in [3.05, 3.63) is 41.4 Å². The van der Waals surface area contributed by atoms with Crippen LogP contribution in [0.5, 0.6) is 0 Å². The first-order chi connectivity index (χ1) is 12.7. The van der Waals surface area contributed by atoms with E-state index in [4.69, 9.17) is 9.47 Å². The van der Waals surface area contributed by atoms with Crippen LogP contribution in [-0.2, 0) is 20.7 Å². The first kappa shape index (κ1) is 15.9. The molecule has 0 amide bonds. The van der Waals surface area contributed by atoms with Crippen LogP contribution in [0.25, 0.3) is 11.0 Å². The highest BCUT2D eigenvalue weighted by Crippen LogP contribution is 2.47. The molecule has 1 fully saturated rings. The van der Waals surface area contributed by atoms with Crippen LogP contribution < -0.4 is 0 Å². The fraction of sp³-hybridized carbons (Fsp3) is 0.500. The number of hydrogen-bond acceptors (Lipinski definition) is 5. The number of methoxy groups -OCH3 is 1. The standard InChI is InChI=1S/C20H23N3O3/c1-11-15-9-23-7-5-12-13-4-3-6-21-19(13)22-18(12)17(23)8-14(15)16(10-26-11)20(24)25-2/h3-4,6,10-11,14-15,17H,5,7-9H2,1-2H3,(H,21,22)/t11-,14-,15-,17-/m0/s1. The highest BCUT2D eigenvalue weighted by Gasteiger charge is 2.46. The summed E-state index contributed by atoms with van der Waals surface area (Å²) in [6, 6.07) is 4.43. The van der Waals surface area contributed by atoms with Crippen LogP contribution in [0.4, 0.5) is 0 Å². The number of carbonyl (C=O) groups is 1. The van der Waals surface area contributed by atoms with Gasteiger partial charge in [0.25, 0.3) is 0 Å². The third-order valence-electron chi connectivity index (χ3n) is 6.41. The number of esters is 1. The molecule has 6 heteroatoms. The zero-order valence-electron chi connectivity index (χ0n) is 15.1. The molecule has 26 heavy (non-hydrogen) atoms. The molecule has 5 heterocycles. The summed E-state index contributed by atoms with van der Waals surface area (Å²) in [6.45, 7) is 4.07. The number of carbonyl (C=O) groups excluding carboxylic acids is 1. The number of ether oxygens (including phenoxy) is 2. The molecule has 0 radical (unpaired) electrons. The van der Waals surface area contributed by atoms with E-state index in [0.29, 0.717) is 11.5 Å². The van der Waals surface area contributed by atoms with Gasteiger partial charge in [0.2, 0.25) is 0 Å². The van der Waals surface area contributed by atoms with Gasteiger partial charge >= 0.3 is 5.97 Å². The van der Waals surface area contributed by atoms with Crippen molar-refractivity contribution >= 4 is 17.0 Å². The predicted molar refractivity (Wildman–Crippen MR) is 96.4 cm³/mol. The number of nitrogens with one attached hydrogen (secondary N) is 1. The molecule has 0 saturated carbocycles. The number of aromatic nitrogens is 2. The van der Waals surface area contributed by atoms with Crippen LogP contribution in [0.15, 0.2) is 30.2 Å². The molecule has 1 saturated heterocycles. The SMILES string of the molecule is COC(=O)C1=CO[C@@H](C)[C@@H]2CN3CCc4c([nH]c5ncccc45)[C@@H]3C[C@H]12. The molecule has 2 aromatic rings. The molecule has 0 unspecified atom stereocenters. The van der Waals surface area contributed by atoms with Gasteiger partial charge in [0, 0.05) is 42.2 Å². The van der Waals surface area contributed by atoms with E-state index in [9.17, 15) is 4.79 Å². The lowest BCUT2D eigenvalue weighted by Gasteiger charge is -2.49. The minimum Gasteiger partial charge on any atom is -0.497 e. The molecule has 0 aliphatic carbocycles. The summed E-state index contributed by atoms with van der Waals surface area (Å²) in [7, 11) is 1.44. The first-order valence-electron chi connectivity index (χ1n) is 9.30. The van der Waals surface area contributed by atoms with Crippen LogP contribution in [-0.4, -0.2) is 47.1 Å². The first-order valence-corrected chi connectivity index (χ1v) is 9.30. The van der Waals surface area contributed by atoms with E-state index < -0.39 is 0 Å². The summed E-state index contributed by atoms with van der Waals surface area (Å²) >= 11 is 0. The number of fused-ring (bicyclic) bond motifs is 6. The van der Waals surface area contributed by atoms with Crippen molar-refractivity contribution in [2.24, 2.45) is 11.8 Å². The Morgan fingerprint density at radius 1 is 1.46 bits per heavy atom. The Morgan fingerprint density at radius 2 is 2.35 bits per heavy atom. The molecule has 3 aliphatic rings. The van der Waals surface area contributed by atoms with Gasteiger partial charge in [-0.3, -0.25) is 4.90 Å². The van der Waals surface area contributed by atoms with Crippen LogP contribution in [0, 0.1) is 11.8 Å². The molecular weight excluding hydrogens is 330 g/mol. The van der Waals surface area contributed by atoms with Crippen LogP contribution in [0.3, 0.4) is 0 Å². The summed E-state index contributed by atoms with van der Waals surface area (Å²) in [4.78, 5) is 22.9. The van der Waals surface area contributed by atoms with Crippen LogP contribution in [0.1, 0.15) is 30.6 Å². The maximum Gasteiger partial charge on any atom is 0.337 e. The van der Waals surface area contributed by atoms with Gasteiger partial charge in [-0.25, -0.2) is 9.78 Å². The second-order valence-corrected chi connectivity index (χ2v) is 7.59. The van der Waals surface area contributed by atoms with E-state index in [2.05, 4.69) is 27.9 Å². The van der Waals surface area contributed by atoms with E-state index in [1.807, 2.05) is 12.3 Å². The van der Waals surface area contributed by atoms with Gasteiger partial charge < -0.3 is 14.5 Å². The molecule has 3 aliphatic heterocycles. The quantitative estimate of drug-likeness (QED) is 0.798. The number of rotatable bonds is 1. The molecular formula is C20H23N3O3. The Balaban J connectivity index is 1.55. The van der Waals surface area contributed by atoms with Gasteiger partial charge in [0.15, 0.2) is 0 Å². The number of aromatic amines is 1. The molecule has 6 nitrogen and oxygen atoms in total. The summed E-state index contributed by atoms with van der Waals surface area (Å²) in [5.41, 5.74) is 4.30. The summed E-state index contributed by atoms with van der Waals surface area (Å²) in [6.07, 6.45) is 5.50. The van der Waals surface area contributed by atoms with Gasteiger partial charge in [0.05, 0.1) is 31.1 Å². The van der Waals surface area contributed by atoms with Crippen LogP contribution in [0.2, 0.25) is 0 Å². The fourth-order valence-electron chi connectivity index (χ4n) is 5.06. The summed E-state index contributed by atoms with van der Waals surface area (Å²) in [5.74, 6) is 0.210. The number of hydrogen-bond donors (Lipinski definition) is 1. The molecule has 4 atom stereocenters. The van der Waals surface area contributed by atoms with Crippen molar-refractivity contribution in [2.45, 2.75) is 31.9 Å². The number of H-pyrrole nitrogens is 1. The van der Waals surface area contributed by atoms with Crippen molar-refractivity contribution in [3.63, 3.8) is 0 Å². The Labute approximate surface area is 152 Å². The van der Waals surface area contributed by atoms with Crippen molar-refractivity contribution < 1.29 is 14.3 Å². The fourth-order valence-corrected chi connectivity index (χ4v) is 5.06. The highest BCUT2D eigenvalue weighted by atomic mass is 16.5. The molecule has 0 aromatic carbocycles. The Bertz CT molecular complexity index is 903. The molecule has 0 spiro atoms. The smallest absolute Gasteiger partial charge is 0.337 e. The minimum absolute atomic E-state index is 0.111. The van der Waals surface area contributed by atoms with Gasteiger partial charge in [0.1, 0.15) is 5.65 Å². The minimum atomic E-state index is -0.269. The summed E-state index contributed by atoms with van der Waals surface area (Å²) in [5, 5.41) is 1.23. The van der Waals surface area contributed by atoms with Gasteiger partial charge in [-0.15, -0.1) is 0 Å². The van der Waals surface area contributed by atoms with E-state index in [0.717, 1.165) is 31.6 Å². The van der Waals surface area contributed by atoms with Crippen molar-refractivity contribution in [2.75, 3.05) is 20.2 Å². The normalized spacial score (nSPS) is 30.6. The Hall–Kier alpha value is -2.34. The zero-order valence-corrected chi connectivity index (χ0v) is 15.1. The average molecular weight is 353 g/mol. The third-order valence-corrected chi connectivity index (χ3v) is 6.41. The maximum atomic E-state index is 12.3. The lowest BCUT2D eigenvalue weighted by atomic mass is 9.72. The van der Waals surface area contributed by atoms with E-state index in [1.165, 1.54) is 23.8 Å². The van der Waals surface area contributed by atoms with Gasteiger partial charge in [-0.05, 0) is 37.5 Å². The molecule has 5 rings (SSSR count). The lowest BCUT2D eigenvalue weighted by Crippen LogP contribution is -2.51. The third kappa shape index (κ3) is 2.21. The molecule has 136 valence electrons.